The summed E-state index contributed by atoms with van der Waals surface area (Å²) in [7, 11) is 0. The van der Waals surface area contributed by atoms with Crippen molar-refractivity contribution in [1.82, 2.24) is 0 Å². The molecule has 1 aliphatic carbocycles. The summed E-state index contributed by atoms with van der Waals surface area (Å²) in [4.78, 5) is 28.4. The maximum absolute atomic E-state index is 12.6. The number of carboxylic acid groups (broad SMARTS) is 1. The van der Waals surface area contributed by atoms with Crippen LogP contribution >= 0.6 is 22.9 Å². The smallest absolute Gasteiger partial charge is 0.307 e. The zero-order valence-corrected chi connectivity index (χ0v) is 14.5. The van der Waals surface area contributed by atoms with Crippen molar-refractivity contribution in [3.05, 3.63) is 49.3 Å². The van der Waals surface area contributed by atoms with Crippen LogP contribution in [0.2, 0.25) is 0 Å². The van der Waals surface area contributed by atoms with Gasteiger partial charge in [-0.05, 0) is 18.6 Å². The second-order valence-electron chi connectivity index (χ2n) is 5.53. The Balaban J connectivity index is 2.07. The maximum atomic E-state index is 12.6. The lowest BCUT2D eigenvalue weighted by molar-refractivity contribution is -0.136. The van der Waals surface area contributed by atoms with Crippen LogP contribution in [0.15, 0.2) is 43.9 Å². The molecule has 0 atom stereocenters. The molecule has 2 heterocycles. The van der Waals surface area contributed by atoms with Crippen LogP contribution < -0.4 is 0 Å². The number of nitrogens with zero attached hydrogens (tertiary/aromatic N) is 2. The number of hydrogen-bond donors (Lipinski definition) is 2. The molecule has 0 bridgehead atoms. The van der Waals surface area contributed by atoms with Gasteiger partial charge in [-0.25, -0.2) is 0 Å². The molecule has 126 valence electrons. The molecule has 1 aromatic rings. The van der Waals surface area contributed by atoms with Crippen LogP contribution in [0.1, 0.15) is 30.2 Å². The highest BCUT2D eigenvalue weighted by molar-refractivity contribution is 7.10. The summed E-state index contributed by atoms with van der Waals surface area (Å²) < 4.78 is 0. The monoisotopic (exact) mass is 374 g/mol. The number of fused-ring (bicyclic) bond motifs is 1. The number of thiophene rings is 1. The predicted octanol–water partition coefficient (Wildman–Crippen LogP) is 3.56. The molecule has 0 unspecified atom stereocenters. The lowest BCUT2D eigenvalue weighted by Gasteiger charge is -2.19. The molecule has 1 aromatic heterocycles. The van der Waals surface area contributed by atoms with Crippen molar-refractivity contribution in [2.75, 3.05) is 0 Å². The van der Waals surface area contributed by atoms with E-state index < -0.39 is 11.8 Å². The topological polar surface area (TPSA) is 111 Å². The number of halogens is 1. The molecular formula is C17H11ClN2O4S. The molecule has 0 fully saturated rings. The van der Waals surface area contributed by atoms with Crippen LogP contribution in [0, 0.1) is 11.3 Å². The highest BCUT2D eigenvalue weighted by Gasteiger charge is 2.36. The third-order valence-corrected chi connectivity index (χ3v) is 5.16. The van der Waals surface area contributed by atoms with Gasteiger partial charge in [0.05, 0.1) is 17.2 Å². The number of hydrogen-bond acceptors (Lipinski definition) is 6. The second kappa shape index (κ2) is 6.31. The van der Waals surface area contributed by atoms with E-state index in [1.54, 1.807) is 12.3 Å². The minimum absolute atomic E-state index is 0.0500. The van der Waals surface area contributed by atoms with E-state index in [2.05, 4.69) is 4.99 Å². The molecule has 2 N–H and O–H groups in total. The van der Waals surface area contributed by atoms with Crippen LogP contribution in [-0.4, -0.2) is 27.7 Å². The van der Waals surface area contributed by atoms with Crippen LogP contribution in [0.5, 0.6) is 0 Å². The molecule has 0 saturated heterocycles. The molecule has 0 aromatic carbocycles. The van der Waals surface area contributed by atoms with E-state index in [1.807, 2.05) is 6.07 Å². The maximum Gasteiger partial charge on any atom is 0.307 e. The van der Waals surface area contributed by atoms with Crippen molar-refractivity contribution >= 4 is 46.2 Å². The molecular weight excluding hydrogens is 364 g/mol. The van der Waals surface area contributed by atoms with Crippen molar-refractivity contribution in [3.8, 4) is 6.07 Å². The Bertz CT molecular complexity index is 989. The van der Waals surface area contributed by atoms with E-state index in [9.17, 15) is 14.7 Å². The van der Waals surface area contributed by atoms with Crippen LogP contribution in [0.25, 0.3) is 5.76 Å². The Hall–Kier alpha value is -2.69. The number of carbonyl (C=O) groups excluding carboxylic acids is 1. The summed E-state index contributed by atoms with van der Waals surface area (Å²) >= 11 is 7.35. The first-order valence-corrected chi connectivity index (χ1v) is 8.44. The summed E-state index contributed by atoms with van der Waals surface area (Å²) in [5.74, 6) is -1.84. The molecule has 0 spiro atoms. The number of carboxylic acids is 1. The van der Waals surface area contributed by atoms with Gasteiger partial charge in [0, 0.05) is 34.2 Å². The lowest BCUT2D eigenvalue weighted by atomic mass is 9.86. The molecule has 25 heavy (non-hydrogen) atoms. The number of Topliss-reactive ketones (excluding diaryl/α,β-unsaturated/α-hetero) is 1. The van der Waals surface area contributed by atoms with Crippen molar-refractivity contribution < 1.29 is 19.8 Å². The number of carbonyl (C=O) groups is 2. The van der Waals surface area contributed by atoms with Gasteiger partial charge in [0.2, 0.25) is 5.78 Å². The number of aliphatic hydroxyl groups excluding tert-OH is 1. The molecule has 2 aliphatic rings. The highest BCUT2D eigenvalue weighted by atomic mass is 35.5. The van der Waals surface area contributed by atoms with Gasteiger partial charge in [0.25, 0.3) is 0 Å². The van der Waals surface area contributed by atoms with Gasteiger partial charge in [0.1, 0.15) is 16.7 Å². The summed E-state index contributed by atoms with van der Waals surface area (Å²) in [6, 6.07) is 3.46. The molecule has 0 saturated carbocycles. The fourth-order valence-electron chi connectivity index (χ4n) is 2.81. The van der Waals surface area contributed by atoms with Gasteiger partial charge < -0.3 is 10.2 Å². The number of aliphatic carboxylic acids is 1. The minimum atomic E-state index is -1.04. The van der Waals surface area contributed by atoms with Crippen molar-refractivity contribution in [2.45, 2.75) is 19.8 Å². The van der Waals surface area contributed by atoms with E-state index in [0.29, 0.717) is 33.0 Å². The number of aliphatic imine (C=N–C) groups is 1. The molecule has 1 aliphatic heterocycles. The zero-order chi connectivity index (χ0) is 18.3. The van der Waals surface area contributed by atoms with Gasteiger partial charge in [-0.1, -0.05) is 11.6 Å². The zero-order valence-electron chi connectivity index (χ0n) is 13.0. The van der Waals surface area contributed by atoms with E-state index in [-0.39, 0.29) is 29.2 Å². The van der Waals surface area contributed by atoms with Crippen molar-refractivity contribution in [3.63, 3.8) is 0 Å². The summed E-state index contributed by atoms with van der Waals surface area (Å²) in [5.41, 5.74) is 2.19. The Morgan fingerprint density at radius 2 is 2.20 bits per heavy atom. The van der Waals surface area contributed by atoms with E-state index in [1.165, 1.54) is 6.07 Å². The van der Waals surface area contributed by atoms with Gasteiger partial charge in [-0.15, -0.1) is 11.3 Å². The van der Waals surface area contributed by atoms with Crippen LogP contribution in [0.4, 0.5) is 0 Å². The minimum Gasteiger partial charge on any atom is -0.507 e. The molecule has 3 rings (SSSR count). The standard InChI is InChI=1S/C17H11ClN2O4S/c1-7-10(4-13(21)22)14-12(20-7)3-11(17(24)15(14)18)16(23)8-2-9(5-19)25-6-8/h2,6,23H,3-4H2,1H3,(H,21,22). The van der Waals surface area contributed by atoms with E-state index in [4.69, 9.17) is 22.0 Å². The van der Waals surface area contributed by atoms with Crippen LogP contribution in [0.3, 0.4) is 0 Å². The third kappa shape index (κ3) is 2.90. The van der Waals surface area contributed by atoms with Gasteiger partial charge in [-0.3, -0.25) is 14.6 Å². The van der Waals surface area contributed by atoms with Gasteiger partial charge in [-0.2, -0.15) is 5.26 Å². The highest BCUT2D eigenvalue weighted by Crippen LogP contribution is 2.40. The first-order chi connectivity index (χ1) is 11.8. The van der Waals surface area contributed by atoms with Gasteiger partial charge >= 0.3 is 5.97 Å². The van der Waals surface area contributed by atoms with Crippen LogP contribution in [-0.2, 0) is 9.59 Å². The number of nitriles is 1. The lowest BCUT2D eigenvalue weighted by Crippen LogP contribution is -2.21. The summed E-state index contributed by atoms with van der Waals surface area (Å²) in [5, 5.41) is 29.8. The Morgan fingerprint density at radius 1 is 1.48 bits per heavy atom. The van der Waals surface area contributed by atoms with Gasteiger partial charge in [0.15, 0.2) is 0 Å². The number of allylic oxidation sites excluding steroid dienone is 4. The Labute approximate surface area is 151 Å². The first-order valence-electron chi connectivity index (χ1n) is 7.19. The molecule has 8 heteroatoms. The first kappa shape index (κ1) is 17.1. The van der Waals surface area contributed by atoms with Crippen molar-refractivity contribution in [1.29, 1.82) is 5.26 Å². The number of aliphatic hydroxyl groups is 1. The molecule has 6 nitrogen and oxygen atoms in total. The Morgan fingerprint density at radius 3 is 2.80 bits per heavy atom. The third-order valence-electron chi connectivity index (χ3n) is 3.96. The average molecular weight is 375 g/mol. The largest absolute Gasteiger partial charge is 0.507 e. The predicted molar refractivity (Wildman–Crippen MR) is 93.5 cm³/mol. The second-order valence-corrected chi connectivity index (χ2v) is 6.82. The number of rotatable bonds is 3. The summed E-state index contributed by atoms with van der Waals surface area (Å²) in [6.45, 7) is 1.66. The average Bonchev–Trinajstić information content (AvgIpc) is 3.15. The molecule has 0 amide bonds. The summed E-state index contributed by atoms with van der Waals surface area (Å²) in [6.07, 6.45) is -0.229. The quantitative estimate of drug-likeness (QED) is 0.620. The fourth-order valence-corrected chi connectivity index (χ4v) is 3.83. The molecule has 0 radical (unpaired) electrons. The number of ketones is 1. The van der Waals surface area contributed by atoms with E-state index in [0.717, 1.165) is 11.3 Å². The SMILES string of the molecule is CC1=C(CC(=O)O)C2=C(Cl)C(=O)C(=C(O)c3csc(C#N)c3)CC2=N1. The fraction of sp³-hybridized carbons (Fsp3) is 0.176. The van der Waals surface area contributed by atoms with E-state index >= 15 is 0 Å². The Kier molecular flexibility index (Phi) is 4.33. The normalized spacial score (nSPS) is 18.9. The van der Waals surface area contributed by atoms with Crippen molar-refractivity contribution in [2.24, 2.45) is 4.99 Å².